The first-order valence-corrected chi connectivity index (χ1v) is 8.63. The fourth-order valence-corrected chi connectivity index (χ4v) is 3.09. The molecule has 1 saturated heterocycles. The van der Waals surface area contributed by atoms with Crippen molar-refractivity contribution in [2.75, 3.05) is 18.4 Å². The number of nitrogens with one attached hydrogen (secondary N) is 1. The van der Waals surface area contributed by atoms with E-state index in [-0.39, 0.29) is 25.1 Å². The molecule has 1 fully saturated rings. The number of alkyl halides is 2. The molecule has 0 saturated carbocycles. The minimum atomic E-state index is -3.12. The summed E-state index contributed by atoms with van der Waals surface area (Å²) in [6.45, 7) is -0.342. The molecule has 3 rings (SSSR count). The zero-order chi connectivity index (χ0) is 20.5. The highest BCUT2D eigenvalue weighted by Crippen LogP contribution is 2.34. The molecule has 1 heterocycles. The Kier molecular flexibility index (Phi) is 5.55. The fraction of sp³-hybridized carbons (Fsp3) is 0.316. The van der Waals surface area contributed by atoms with Crippen molar-refractivity contribution in [2.45, 2.75) is 24.8 Å². The van der Waals surface area contributed by atoms with Crippen LogP contribution in [0.5, 0.6) is 0 Å². The summed E-state index contributed by atoms with van der Waals surface area (Å²) in [6, 6.07) is 4.46. The van der Waals surface area contributed by atoms with Crippen LogP contribution >= 0.6 is 0 Å². The van der Waals surface area contributed by atoms with Gasteiger partial charge in [0.25, 0.3) is 5.92 Å². The number of carbonyl (C=O) groups is 1. The topological polar surface area (TPSA) is 58.4 Å². The van der Waals surface area contributed by atoms with E-state index in [1.54, 1.807) is 0 Å². The third kappa shape index (κ3) is 3.94. The molecule has 0 bridgehead atoms. The molecule has 0 spiro atoms. The van der Waals surface area contributed by atoms with Crippen LogP contribution < -0.4 is 11.1 Å². The summed E-state index contributed by atoms with van der Waals surface area (Å²) in [5.74, 6) is -5.89. The zero-order valence-corrected chi connectivity index (χ0v) is 14.7. The Morgan fingerprint density at radius 3 is 2.32 bits per heavy atom. The molecule has 4 nitrogen and oxygen atoms in total. The molecule has 3 N–H and O–H groups in total. The van der Waals surface area contributed by atoms with Crippen LogP contribution in [0.2, 0.25) is 0 Å². The molecule has 1 unspecified atom stereocenters. The lowest BCUT2D eigenvalue weighted by atomic mass is 10.0. The van der Waals surface area contributed by atoms with Gasteiger partial charge < -0.3 is 16.0 Å². The summed E-state index contributed by atoms with van der Waals surface area (Å²) in [5, 5.41) is 2.26. The number of halogens is 5. The smallest absolute Gasteiger partial charge is 0.321 e. The van der Waals surface area contributed by atoms with Gasteiger partial charge in [-0.15, -0.1) is 0 Å². The fourth-order valence-electron chi connectivity index (χ4n) is 3.09. The molecular weight excluding hydrogens is 381 g/mol. The number of benzene rings is 2. The summed E-state index contributed by atoms with van der Waals surface area (Å²) in [5.41, 5.74) is 4.31. The van der Waals surface area contributed by atoms with Gasteiger partial charge in [-0.05, 0) is 24.6 Å². The molecule has 0 aromatic heterocycles. The average Bonchev–Trinajstić information content (AvgIpc) is 2.76. The maximum absolute atomic E-state index is 14.4. The second-order valence-corrected chi connectivity index (χ2v) is 6.58. The SMILES string of the molecule is NC1CCN(C(=O)Nc2c(F)cccc2-c2c(F)cccc2F)CCC1(F)F. The number of rotatable bonds is 2. The Labute approximate surface area is 158 Å². The number of para-hydroxylation sites is 1. The van der Waals surface area contributed by atoms with Crippen molar-refractivity contribution >= 4 is 11.7 Å². The summed E-state index contributed by atoms with van der Waals surface area (Å²) in [4.78, 5) is 13.6. The number of urea groups is 1. The van der Waals surface area contributed by atoms with Crippen LogP contribution in [-0.4, -0.2) is 36.0 Å². The van der Waals surface area contributed by atoms with Gasteiger partial charge in [-0.2, -0.15) is 0 Å². The predicted octanol–water partition coefficient (Wildman–Crippen LogP) is 4.36. The van der Waals surface area contributed by atoms with E-state index in [4.69, 9.17) is 5.73 Å². The Balaban J connectivity index is 1.90. The highest BCUT2D eigenvalue weighted by Gasteiger charge is 2.40. The maximum Gasteiger partial charge on any atom is 0.321 e. The lowest BCUT2D eigenvalue weighted by molar-refractivity contribution is -0.0288. The van der Waals surface area contributed by atoms with E-state index in [1.807, 2.05) is 0 Å². The number of nitrogens with two attached hydrogens (primary N) is 1. The second-order valence-electron chi connectivity index (χ2n) is 6.58. The van der Waals surface area contributed by atoms with Crippen molar-refractivity contribution in [1.29, 1.82) is 0 Å². The molecule has 2 aromatic carbocycles. The van der Waals surface area contributed by atoms with Crippen molar-refractivity contribution < 1.29 is 26.7 Å². The van der Waals surface area contributed by atoms with Crippen molar-refractivity contribution in [2.24, 2.45) is 5.73 Å². The van der Waals surface area contributed by atoms with Crippen molar-refractivity contribution in [1.82, 2.24) is 4.90 Å². The van der Waals surface area contributed by atoms with Crippen LogP contribution in [0.3, 0.4) is 0 Å². The quantitative estimate of drug-likeness (QED) is 0.738. The van der Waals surface area contributed by atoms with Gasteiger partial charge in [-0.1, -0.05) is 18.2 Å². The Bertz CT molecular complexity index is 870. The van der Waals surface area contributed by atoms with Crippen LogP contribution in [0.1, 0.15) is 12.8 Å². The monoisotopic (exact) mass is 399 g/mol. The van der Waals surface area contributed by atoms with E-state index in [0.29, 0.717) is 0 Å². The van der Waals surface area contributed by atoms with E-state index in [0.717, 1.165) is 29.2 Å². The van der Waals surface area contributed by atoms with Gasteiger partial charge >= 0.3 is 6.03 Å². The number of hydrogen-bond donors (Lipinski definition) is 2. The van der Waals surface area contributed by atoms with Gasteiger partial charge in [0.2, 0.25) is 0 Å². The first-order chi connectivity index (χ1) is 13.2. The number of likely N-dealkylation sites (tertiary alicyclic amines) is 1. The number of anilines is 1. The molecule has 1 atom stereocenters. The lowest BCUT2D eigenvalue weighted by Gasteiger charge is -2.22. The van der Waals surface area contributed by atoms with Crippen LogP contribution in [0.4, 0.5) is 32.4 Å². The summed E-state index contributed by atoms with van der Waals surface area (Å²) in [6.07, 6.45) is -0.764. The van der Waals surface area contributed by atoms with E-state index in [2.05, 4.69) is 5.32 Å². The van der Waals surface area contributed by atoms with Crippen molar-refractivity contribution in [3.63, 3.8) is 0 Å². The zero-order valence-electron chi connectivity index (χ0n) is 14.7. The van der Waals surface area contributed by atoms with E-state index in [1.165, 1.54) is 12.1 Å². The molecule has 1 aliphatic heterocycles. The average molecular weight is 399 g/mol. The first kappa shape index (κ1) is 20.1. The van der Waals surface area contributed by atoms with Gasteiger partial charge in [-0.3, -0.25) is 0 Å². The van der Waals surface area contributed by atoms with Crippen LogP contribution in [0, 0.1) is 17.5 Å². The molecule has 1 aliphatic rings. The largest absolute Gasteiger partial charge is 0.324 e. The Morgan fingerprint density at radius 2 is 1.64 bits per heavy atom. The standard InChI is InChI=1S/C19H18F5N3O/c20-12-4-2-5-13(21)16(12)11-3-1-6-14(22)17(11)26-18(28)27-9-7-15(25)19(23,24)8-10-27/h1-6,15H,7-10,25H2,(H,26,28). The lowest BCUT2D eigenvalue weighted by Crippen LogP contribution is -2.40. The predicted molar refractivity (Wildman–Crippen MR) is 94.5 cm³/mol. The molecule has 9 heteroatoms. The van der Waals surface area contributed by atoms with Gasteiger partial charge in [0.15, 0.2) is 0 Å². The molecule has 2 aromatic rings. The van der Waals surface area contributed by atoms with Crippen LogP contribution in [-0.2, 0) is 0 Å². The number of nitrogens with zero attached hydrogens (tertiary/aromatic N) is 1. The molecule has 0 radical (unpaired) electrons. The molecular formula is C19H18F5N3O. The van der Waals surface area contributed by atoms with Crippen molar-refractivity contribution in [3.05, 3.63) is 53.8 Å². The van der Waals surface area contributed by atoms with Gasteiger partial charge in [0.1, 0.15) is 17.5 Å². The summed E-state index contributed by atoms with van der Waals surface area (Å²) < 4.78 is 70.1. The molecule has 28 heavy (non-hydrogen) atoms. The Hall–Kier alpha value is -2.68. The summed E-state index contributed by atoms with van der Waals surface area (Å²) >= 11 is 0. The van der Waals surface area contributed by atoms with Crippen molar-refractivity contribution in [3.8, 4) is 11.1 Å². The second kappa shape index (κ2) is 7.75. The third-order valence-corrected chi connectivity index (χ3v) is 4.73. The highest BCUT2D eigenvalue weighted by atomic mass is 19.3. The first-order valence-electron chi connectivity index (χ1n) is 8.63. The maximum atomic E-state index is 14.4. The van der Waals surface area contributed by atoms with Crippen LogP contribution in [0.25, 0.3) is 11.1 Å². The number of amides is 2. The third-order valence-electron chi connectivity index (χ3n) is 4.73. The van der Waals surface area contributed by atoms with E-state index >= 15 is 0 Å². The van der Waals surface area contributed by atoms with Crippen LogP contribution in [0.15, 0.2) is 36.4 Å². The molecule has 0 aliphatic carbocycles. The molecule has 150 valence electrons. The van der Waals surface area contributed by atoms with Gasteiger partial charge in [-0.25, -0.2) is 26.7 Å². The number of hydrogen-bond acceptors (Lipinski definition) is 2. The number of carbonyl (C=O) groups excluding carboxylic acids is 1. The Morgan fingerprint density at radius 1 is 1.04 bits per heavy atom. The van der Waals surface area contributed by atoms with Gasteiger partial charge in [0.05, 0.1) is 17.3 Å². The minimum Gasteiger partial charge on any atom is -0.324 e. The normalized spacial score (nSPS) is 19.2. The molecule has 2 amide bonds. The van der Waals surface area contributed by atoms with Gasteiger partial charge in [0, 0.05) is 25.1 Å². The minimum absolute atomic E-state index is 0.0551. The van der Waals surface area contributed by atoms with E-state index in [9.17, 15) is 26.7 Å². The highest BCUT2D eigenvalue weighted by molar-refractivity contribution is 5.95. The summed E-state index contributed by atoms with van der Waals surface area (Å²) in [7, 11) is 0. The van der Waals surface area contributed by atoms with E-state index < -0.39 is 53.1 Å².